The molecular weight excluding hydrogens is 570 g/mol. The van der Waals surface area contributed by atoms with Gasteiger partial charge in [0.25, 0.3) is 0 Å². The van der Waals surface area contributed by atoms with Crippen LogP contribution in [0.3, 0.4) is 0 Å². The summed E-state index contributed by atoms with van der Waals surface area (Å²) in [5.41, 5.74) is 0. The number of rotatable bonds is 33. The lowest BCUT2D eigenvalue weighted by molar-refractivity contribution is -0.887. The second-order valence-electron chi connectivity index (χ2n) is 13.8. The molecule has 0 heterocycles. The number of carbonyl (C=O) groups is 3. The maximum atomic E-state index is 12.6. The highest BCUT2D eigenvalue weighted by atomic mass is 16.6. The molecule has 266 valence electrons. The first-order chi connectivity index (χ1) is 21.6. The second-order valence-corrected chi connectivity index (χ2v) is 13.8. The van der Waals surface area contributed by atoms with E-state index in [1.807, 2.05) is 21.1 Å². The molecule has 0 spiro atoms. The van der Waals surface area contributed by atoms with Gasteiger partial charge in [-0.25, -0.2) is 4.79 Å². The number of aliphatic carboxylic acids is 1. The fourth-order valence-electron chi connectivity index (χ4n) is 5.56. The molecule has 0 bridgehead atoms. The molecule has 0 aliphatic carbocycles. The molecule has 1 N–H and O–H groups in total. The summed E-state index contributed by atoms with van der Waals surface area (Å²) in [5.74, 6) is -1.47. The molecule has 0 aromatic carbocycles. The third-order valence-electron chi connectivity index (χ3n) is 8.51. The van der Waals surface area contributed by atoms with Gasteiger partial charge in [-0.15, -0.1) is 0 Å². The number of ether oxygens (including phenoxy) is 3. The molecule has 0 aromatic rings. The second kappa shape index (κ2) is 29.7. The van der Waals surface area contributed by atoms with Crippen molar-refractivity contribution in [2.45, 2.75) is 180 Å². The van der Waals surface area contributed by atoms with E-state index in [1.54, 1.807) is 0 Å². The number of carbonyl (C=O) groups excluding carboxylic acids is 2. The summed E-state index contributed by atoms with van der Waals surface area (Å²) in [6.07, 6.45) is 25.9. The van der Waals surface area contributed by atoms with Gasteiger partial charge in [0.15, 0.2) is 12.1 Å². The van der Waals surface area contributed by atoms with E-state index in [0.29, 0.717) is 19.3 Å². The molecule has 0 fully saturated rings. The average molecular weight is 643 g/mol. The SMILES string of the molecule is CCCCCCCCCCCCCCCCCC(=O)OC(COCCC(C(=O)O)[N+](C)(C)C)COC(=O)CCCCCCCC. The molecule has 2 unspecified atom stereocenters. The van der Waals surface area contributed by atoms with Gasteiger partial charge in [-0.3, -0.25) is 9.59 Å². The Balaban J connectivity index is 4.31. The number of hydrogen-bond acceptors (Lipinski definition) is 6. The number of quaternary nitrogens is 1. The molecule has 0 amide bonds. The van der Waals surface area contributed by atoms with Crippen molar-refractivity contribution in [1.29, 1.82) is 0 Å². The zero-order valence-corrected chi connectivity index (χ0v) is 30.1. The van der Waals surface area contributed by atoms with E-state index in [9.17, 15) is 19.5 Å². The molecule has 8 heteroatoms. The summed E-state index contributed by atoms with van der Waals surface area (Å²) in [6, 6.07) is -0.605. The van der Waals surface area contributed by atoms with Crippen LogP contribution in [0.2, 0.25) is 0 Å². The number of carboxylic acids is 1. The fraction of sp³-hybridized carbons (Fsp3) is 0.919. The van der Waals surface area contributed by atoms with E-state index in [2.05, 4.69) is 13.8 Å². The Bertz CT molecular complexity index is 722. The topological polar surface area (TPSA) is 99.1 Å². The van der Waals surface area contributed by atoms with Crippen molar-refractivity contribution >= 4 is 17.9 Å². The third-order valence-corrected chi connectivity index (χ3v) is 8.51. The highest BCUT2D eigenvalue weighted by Crippen LogP contribution is 2.15. The lowest BCUT2D eigenvalue weighted by Gasteiger charge is -2.31. The fourth-order valence-corrected chi connectivity index (χ4v) is 5.56. The highest BCUT2D eigenvalue weighted by molar-refractivity contribution is 5.72. The van der Waals surface area contributed by atoms with Gasteiger partial charge in [-0.2, -0.15) is 0 Å². The van der Waals surface area contributed by atoms with Crippen molar-refractivity contribution in [2.75, 3.05) is 41.0 Å². The van der Waals surface area contributed by atoms with Gasteiger partial charge in [0.05, 0.1) is 34.4 Å². The van der Waals surface area contributed by atoms with Crippen molar-refractivity contribution in [3.8, 4) is 0 Å². The maximum absolute atomic E-state index is 12.6. The predicted molar refractivity (Wildman–Crippen MR) is 183 cm³/mol. The van der Waals surface area contributed by atoms with Crippen LogP contribution >= 0.6 is 0 Å². The molecule has 0 saturated carbocycles. The Kier molecular flexibility index (Phi) is 28.6. The van der Waals surface area contributed by atoms with Crippen LogP contribution < -0.4 is 0 Å². The molecule has 0 aliphatic rings. The predicted octanol–water partition coefficient (Wildman–Crippen LogP) is 9.02. The van der Waals surface area contributed by atoms with Gasteiger partial charge in [-0.05, 0) is 12.8 Å². The molecule has 0 rings (SSSR count). The molecule has 2 atom stereocenters. The lowest BCUT2D eigenvalue weighted by Crippen LogP contribution is -2.50. The van der Waals surface area contributed by atoms with Crippen molar-refractivity contribution in [3.63, 3.8) is 0 Å². The van der Waals surface area contributed by atoms with Gasteiger partial charge < -0.3 is 23.8 Å². The Morgan fingerprint density at radius 2 is 0.978 bits per heavy atom. The Labute approximate surface area is 276 Å². The van der Waals surface area contributed by atoms with Gasteiger partial charge in [-0.1, -0.05) is 136 Å². The Hall–Kier alpha value is -1.67. The zero-order chi connectivity index (χ0) is 33.6. The van der Waals surface area contributed by atoms with Gasteiger partial charge in [0, 0.05) is 19.3 Å². The Morgan fingerprint density at radius 1 is 0.578 bits per heavy atom. The van der Waals surface area contributed by atoms with E-state index in [-0.39, 0.29) is 36.2 Å². The number of unbranched alkanes of at least 4 members (excludes halogenated alkanes) is 19. The van der Waals surface area contributed by atoms with Gasteiger partial charge >= 0.3 is 17.9 Å². The maximum Gasteiger partial charge on any atom is 0.362 e. The summed E-state index contributed by atoms with van der Waals surface area (Å²) in [7, 11) is 5.51. The van der Waals surface area contributed by atoms with E-state index < -0.39 is 18.1 Å². The largest absolute Gasteiger partial charge is 0.477 e. The van der Waals surface area contributed by atoms with E-state index in [1.165, 1.54) is 96.3 Å². The lowest BCUT2D eigenvalue weighted by atomic mass is 10.0. The van der Waals surface area contributed by atoms with Crippen LogP contribution in [0.1, 0.15) is 168 Å². The zero-order valence-electron chi connectivity index (χ0n) is 30.1. The number of likely N-dealkylation sites (N-methyl/N-ethyl adjacent to an activating group) is 1. The first-order valence-corrected chi connectivity index (χ1v) is 18.6. The van der Waals surface area contributed by atoms with E-state index in [4.69, 9.17) is 14.2 Å². The summed E-state index contributed by atoms with van der Waals surface area (Å²) in [4.78, 5) is 36.5. The van der Waals surface area contributed by atoms with Gasteiger partial charge in [0.1, 0.15) is 6.61 Å². The third kappa shape index (κ3) is 28.3. The minimum atomic E-state index is -0.874. The average Bonchev–Trinajstić information content (AvgIpc) is 2.98. The van der Waals surface area contributed by atoms with Crippen molar-refractivity contribution in [2.24, 2.45) is 0 Å². The smallest absolute Gasteiger partial charge is 0.362 e. The van der Waals surface area contributed by atoms with E-state index >= 15 is 0 Å². The molecular formula is C37H72NO7+. The monoisotopic (exact) mass is 643 g/mol. The minimum absolute atomic E-state index is 0.0447. The Morgan fingerprint density at radius 3 is 1.38 bits per heavy atom. The van der Waals surface area contributed by atoms with Crippen molar-refractivity contribution < 1.29 is 38.2 Å². The molecule has 0 saturated heterocycles. The molecule has 8 nitrogen and oxygen atoms in total. The molecule has 45 heavy (non-hydrogen) atoms. The van der Waals surface area contributed by atoms with Crippen LogP contribution in [-0.2, 0) is 28.6 Å². The summed E-state index contributed by atoms with van der Waals surface area (Å²) in [6.45, 7) is 4.68. The van der Waals surface area contributed by atoms with E-state index in [0.717, 1.165) is 38.5 Å². The normalized spacial score (nSPS) is 13.0. The number of hydrogen-bond donors (Lipinski definition) is 1. The van der Waals surface area contributed by atoms with Crippen LogP contribution in [0.4, 0.5) is 0 Å². The minimum Gasteiger partial charge on any atom is -0.477 e. The van der Waals surface area contributed by atoms with Crippen molar-refractivity contribution in [3.05, 3.63) is 0 Å². The van der Waals surface area contributed by atoms with Crippen LogP contribution in [0.25, 0.3) is 0 Å². The first kappa shape index (κ1) is 43.3. The van der Waals surface area contributed by atoms with Crippen LogP contribution in [-0.4, -0.2) is 80.6 Å². The summed E-state index contributed by atoms with van der Waals surface area (Å²) < 4.78 is 17.1. The summed E-state index contributed by atoms with van der Waals surface area (Å²) >= 11 is 0. The molecule has 0 radical (unpaired) electrons. The summed E-state index contributed by atoms with van der Waals surface area (Å²) in [5, 5.41) is 9.55. The number of carboxylic acid groups (broad SMARTS) is 1. The van der Waals surface area contributed by atoms with Crippen molar-refractivity contribution in [1.82, 2.24) is 0 Å². The van der Waals surface area contributed by atoms with Crippen LogP contribution in [0.15, 0.2) is 0 Å². The highest BCUT2D eigenvalue weighted by Gasteiger charge is 2.31. The first-order valence-electron chi connectivity index (χ1n) is 18.6. The standard InChI is InChI=1S/C37H71NO7/c1-6-8-10-12-14-15-16-17-18-19-20-21-22-24-26-28-36(40)45-33(31-43-30-29-34(37(41)42)38(3,4)5)32-44-35(39)27-25-23-13-11-9-7-2/h33-34H,6-32H2,1-5H3/p+1. The van der Waals surface area contributed by atoms with Gasteiger partial charge in [0.2, 0.25) is 0 Å². The van der Waals surface area contributed by atoms with Crippen LogP contribution in [0, 0.1) is 0 Å². The van der Waals surface area contributed by atoms with Crippen LogP contribution in [0.5, 0.6) is 0 Å². The molecule has 0 aliphatic heterocycles. The number of nitrogens with zero attached hydrogens (tertiary/aromatic N) is 1. The quantitative estimate of drug-likeness (QED) is 0.0433. The molecule has 0 aromatic heterocycles. The number of esters is 2.